The van der Waals surface area contributed by atoms with E-state index in [9.17, 15) is 0 Å². The van der Waals surface area contributed by atoms with Crippen LogP contribution >= 0.6 is 22.7 Å². The molecule has 1 fully saturated rings. The predicted octanol–water partition coefficient (Wildman–Crippen LogP) is 4.34. The highest BCUT2D eigenvalue weighted by atomic mass is 32.1. The van der Waals surface area contributed by atoms with E-state index < -0.39 is 0 Å². The van der Waals surface area contributed by atoms with E-state index in [-0.39, 0.29) is 11.5 Å². The molecule has 19 heavy (non-hydrogen) atoms. The smallest absolute Gasteiger partial charge is 0.115 e. The summed E-state index contributed by atoms with van der Waals surface area (Å²) in [5.41, 5.74) is 1.33. The molecule has 0 aromatic carbocycles. The molecule has 2 aromatic heterocycles. The Morgan fingerprint density at radius 2 is 2.11 bits per heavy atom. The zero-order chi connectivity index (χ0) is 13.5. The number of hydrogen-bond donors (Lipinski definition) is 1. The molecule has 3 rings (SSSR count). The molecule has 102 valence electrons. The van der Waals surface area contributed by atoms with Crippen molar-refractivity contribution in [3.63, 3.8) is 0 Å². The average molecular weight is 292 g/mol. The molecule has 2 heterocycles. The lowest BCUT2D eigenvalue weighted by molar-refractivity contribution is 0.559. The molecule has 0 saturated heterocycles. The van der Waals surface area contributed by atoms with E-state index in [1.54, 1.807) is 11.3 Å². The minimum atomic E-state index is 0.133. The van der Waals surface area contributed by atoms with Gasteiger partial charge in [0.1, 0.15) is 5.01 Å². The first kappa shape index (κ1) is 13.3. The molecule has 0 amide bonds. The van der Waals surface area contributed by atoms with Gasteiger partial charge in [-0.25, -0.2) is 4.98 Å². The summed E-state index contributed by atoms with van der Waals surface area (Å²) in [5, 5.41) is 9.30. The van der Waals surface area contributed by atoms with Gasteiger partial charge < -0.3 is 5.32 Å². The van der Waals surface area contributed by atoms with Crippen molar-refractivity contribution in [1.29, 1.82) is 0 Å². The molecule has 0 bridgehead atoms. The minimum absolute atomic E-state index is 0.133. The van der Waals surface area contributed by atoms with Gasteiger partial charge in [0.2, 0.25) is 0 Å². The van der Waals surface area contributed by atoms with Gasteiger partial charge in [0.15, 0.2) is 0 Å². The molecule has 1 saturated carbocycles. The normalized spacial score (nSPS) is 17.6. The lowest BCUT2D eigenvalue weighted by Crippen LogP contribution is -2.24. The molecule has 2 nitrogen and oxygen atoms in total. The van der Waals surface area contributed by atoms with E-state index in [1.165, 1.54) is 28.4 Å². The van der Waals surface area contributed by atoms with Crippen LogP contribution in [0, 0.1) is 0 Å². The summed E-state index contributed by atoms with van der Waals surface area (Å²) in [7, 11) is 0. The first-order valence-electron chi connectivity index (χ1n) is 6.79. The van der Waals surface area contributed by atoms with Crippen LogP contribution < -0.4 is 5.32 Å². The maximum absolute atomic E-state index is 4.88. The molecular formula is C15H20N2S2. The standard InChI is InChI=1S/C15H20N2S2/c1-15(2,3)12-9-19-14(17-12)13(16-10-6-7-10)11-5-4-8-18-11/h4-5,8-10,13,16H,6-7H2,1-3H3. The number of thiophene rings is 1. The van der Waals surface area contributed by atoms with Crippen LogP contribution in [0.25, 0.3) is 0 Å². The Bertz CT molecular complexity index is 533. The third-order valence-corrected chi connectivity index (χ3v) is 5.19. The Kier molecular flexibility index (Phi) is 3.50. The van der Waals surface area contributed by atoms with Crippen LogP contribution in [0.2, 0.25) is 0 Å². The van der Waals surface area contributed by atoms with Crippen molar-refractivity contribution < 1.29 is 0 Å². The number of aromatic nitrogens is 1. The van der Waals surface area contributed by atoms with E-state index in [1.807, 2.05) is 11.3 Å². The Morgan fingerprint density at radius 1 is 1.32 bits per heavy atom. The van der Waals surface area contributed by atoms with Gasteiger partial charge in [0.25, 0.3) is 0 Å². The van der Waals surface area contributed by atoms with Gasteiger partial charge >= 0.3 is 0 Å². The second kappa shape index (κ2) is 5.00. The van der Waals surface area contributed by atoms with Gasteiger partial charge in [-0.05, 0) is 24.3 Å². The summed E-state index contributed by atoms with van der Waals surface area (Å²) < 4.78 is 0. The van der Waals surface area contributed by atoms with E-state index in [4.69, 9.17) is 4.98 Å². The summed E-state index contributed by atoms with van der Waals surface area (Å²) >= 11 is 3.60. The summed E-state index contributed by atoms with van der Waals surface area (Å²) in [5.74, 6) is 0. The molecule has 1 aliphatic rings. The predicted molar refractivity (Wildman–Crippen MR) is 83.1 cm³/mol. The SMILES string of the molecule is CC(C)(C)c1csc(C(NC2CC2)c2cccs2)n1. The van der Waals surface area contributed by atoms with E-state index in [0.29, 0.717) is 6.04 Å². The number of hydrogen-bond acceptors (Lipinski definition) is 4. The van der Waals surface area contributed by atoms with Crippen molar-refractivity contribution in [2.45, 2.75) is 51.1 Å². The highest BCUT2D eigenvalue weighted by molar-refractivity contribution is 7.11. The molecule has 0 radical (unpaired) electrons. The average Bonchev–Trinajstić information content (AvgIpc) is 2.86. The van der Waals surface area contributed by atoms with Crippen LogP contribution in [-0.2, 0) is 5.41 Å². The van der Waals surface area contributed by atoms with E-state index >= 15 is 0 Å². The minimum Gasteiger partial charge on any atom is -0.301 e. The summed E-state index contributed by atoms with van der Waals surface area (Å²) in [4.78, 5) is 6.26. The Balaban J connectivity index is 1.88. The molecule has 1 unspecified atom stereocenters. The molecule has 1 atom stereocenters. The lowest BCUT2D eigenvalue weighted by atomic mass is 9.93. The molecule has 0 spiro atoms. The van der Waals surface area contributed by atoms with Gasteiger partial charge in [-0.1, -0.05) is 26.8 Å². The lowest BCUT2D eigenvalue weighted by Gasteiger charge is -2.16. The van der Waals surface area contributed by atoms with Crippen LogP contribution in [0.3, 0.4) is 0 Å². The molecule has 2 aromatic rings. The molecule has 4 heteroatoms. The van der Waals surface area contributed by atoms with Crippen LogP contribution in [0.1, 0.15) is 55.2 Å². The van der Waals surface area contributed by atoms with Gasteiger partial charge in [-0.3, -0.25) is 0 Å². The van der Waals surface area contributed by atoms with Crippen molar-refractivity contribution in [3.05, 3.63) is 38.5 Å². The van der Waals surface area contributed by atoms with E-state index in [0.717, 1.165) is 0 Å². The topological polar surface area (TPSA) is 24.9 Å². The number of nitrogens with one attached hydrogen (secondary N) is 1. The maximum Gasteiger partial charge on any atom is 0.115 e. The molecule has 0 aliphatic heterocycles. The third kappa shape index (κ3) is 3.07. The van der Waals surface area contributed by atoms with Gasteiger partial charge in [-0.2, -0.15) is 0 Å². The van der Waals surface area contributed by atoms with Crippen molar-refractivity contribution in [3.8, 4) is 0 Å². The van der Waals surface area contributed by atoms with Crippen LogP contribution in [0.15, 0.2) is 22.9 Å². The van der Waals surface area contributed by atoms with E-state index in [2.05, 4.69) is 49.0 Å². The molecule has 1 N–H and O–H groups in total. The van der Waals surface area contributed by atoms with Crippen molar-refractivity contribution in [2.24, 2.45) is 0 Å². The fourth-order valence-electron chi connectivity index (χ4n) is 1.98. The zero-order valence-electron chi connectivity index (χ0n) is 11.6. The number of thiazole rings is 1. The third-order valence-electron chi connectivity index (χ3n) is 3.34. The van der Waals surface area contributed by atoms with Crippen molar-refractivity contribution in [1.82, 2.24) is 10.3 Å². The second-order valence-corrected chi connectivity index (χ2v) is 8.08. The largest absolute Gasteiger partial charge is 0.301 e. The number of rotatable bonds is 4. The van der Waals surface area contributed by atoms with Crippen molar-refractivity contribution >= 4 is 22.7 Å². The van der Waals surface area contributed by atoms with Crippen molar-refractivity contribution in [2.75, 3.05) is 0 Å². The summed E-state index contributed by atoms with van der Waals surface area (Å²) in [6.07, 6.45) is 2.61. The highest BCUT2D eigenvalue weighted by Gasteiger charge is 2.29. The first-order chi connectivity index (χ1) is 9.04. The van der Waals surface area contributed by atoms with Crippen LogP contribution in [-0.4, -0.2) is 11.0 Å². The summed E-state index contributed by atoms with van der Waals surface area (Å²) in [6, 6.07) is 5.31. The maximum atomic E-state index is 4.88. The molecule has 1 aliphatic carbocycles. The molecular weight excluding hydrogens is 272 g/mol. The van der Waals surface area contributed by atoms with Crippen LogP contribution in [0.4, 0.5) is 0 Å². The highest BCUT2D eigenvalue weighted by Crippen LogP contribution is 2.34. The van der Waals surface area contributed by atoms with Gasteiger partial charge in [0, 0.05) is 21.7 Å². The van der Waals surface area contributed by atoms with Gasteiger partial charge in [-0.15, -0.1) is 22.7 Å². The Labute approximate surface area is 122 Å². The second-order valence-electron chi connectivity index (χ2n) is 6.21. The fraction of sp³-hybridized carbons (Fsp3) is 0.533. The quantitative estimate of drug-likeness (QED) is 0.906. The number of nitrogens with zero attached hydrogens (tertiary/aromatic N) is 1. The fourth-order valence-corrected chi connectivity index (χ4v) is 3.96. The van der Waals surface area contributed by atoms with Gasteiger partial charge in [0.05, 0.1) is 11.7 Å². The van der Waals surface area contributed by atoms with Crippen LogP contribution in [0.5, 0.6) is 0 Å². The Hall–Kier alpha value is -0.710. The Morgan fingerprint density at radius 3 is 2.63 bits per heavy atom. The first-order valence-corrected chi connectivity index (χ1v) is 8.55. The zero-order valence-corrected chi connectivity index (χ0v) is 13.3. The summed E-state index contributed by atoms with van der Waals surface area (Å²) in [6.45, 7) is 6.67. The monoisotopic (exact) mass is 292 g/mol.